The summed E-state index contributed by atoms with van der Waals surface area (Å²) >= 11 is 0. The fraction of sp³-hybridized carbons (Fsp3) is 0.217. The maximum absolute atomic E-state index is 14.4. The first-order chi connectivity index (χ1) is 13.8. The largest absolute Gasteiger partial charge is 0.271 e. The maximum Gasteiger partial charge on any atom is 0.271 e. The van der Waals surface area contributed by atoms with Gasteiger partial charge in [0, 0.05) is 17.0 Å². The molecule has 0 heterocycles. The third-order valence-electron chi connectivity index (χ3n) is 4.79. The Kier molecular flexibility index (Phi) is 6.30. The van der Waals surface area contributed by atoms with Crippen LogP contribution in [0.25, 0.3) is 16.8 Å². The minimum Gasteiger partial charge on any atom is -0.207 e. The van der Waals surface area contributed by atoms with Crippen molar-refractivity contribution in [3.05, 3.63) is 88.0 Å². The van der Waals surface area contributed by atoms with Crippen LogP contribution in [-0.4, -0.2) is 0 Å². The number of benzene rings is 3. The highest BCUT2D eigenvalue weighted by molar-refractivity contribution is 5.86. The Hall–Kier alpha value is -2.76. The standard InChI is InChI=1S/C23H18F6/c1-2-3-14-9-19(24)17(20(25)10-14)7-5-13-4-6-16-15(8-13)11-21(26)18(23(16)29)12-22(27)28/h4,6,8-12H,2-3,5,7H2,1H3. The van der Waals surface area contributed by atoms with Crippen LogP contribution < -0.4 is 0 Å². The van der Waals surface area contributed by atoms with Gasteiger partial charge < -0.3 is 0 Å². The molecule has 0 radical (unpaired) electrons. The smallest absolute Gasteiger partial charge is 0.207 e. The second-order valence-corrected chi connectivity index (χ2v) is 6.86. The van der Waals surface area contributed by atoms with Gasteiger partial charge in [-0.25, -0.2) is 17.6 Å². The summed E-state index contributed by atoms with van der Waals surface area (Å²) in [4.78, 5) is 0. The Morgan fingerprint density at radius 1 is 0.793 bits per heavy atom. The highest BCUT2D eigenvalue weighted by atomic mass is 19.3. The molecule has 3 aromatic carbocycles. The van der Waals surface area contributed by atoms with Gasteiger partial charge in [0.25, 0.3) is 6.08 Å². The van der Waals surface area contributed by atoms with Crippen molar-refractivity contribution >= 4 is 16.8 Å². The lowest BCUT2D eigenvalue weighted by molar-refractivity contribution is 0.428. The molecule has 0 aliphatic carbocycles. The monoisotopic (exact) mass is 408 g/mol. The van der Waals surface area contributed by atoms with E-state index in [9.17, 15) is 26.3 Å². The maximum atomic E-state index is 14.4. The predicted octanol–water partition coefficient (Wildman–Crippen LogP) is 7.37. The molecule has 6 heteroatoms. The Bertz CT molecular complexity index is 1060. The van der Waals surface area contributed by atoms with E-state index in [0.29, 0.717) is 17.5 Å². The molecule has 0 aliphatic rings. The first-order valence-corrected chi connectivity index (χ1v) is 9.20. The zero-order valence-corrected chi connectivity index (χ0v) is 15.6. The Balaban J connectivity index is 1.88. The van der Waals surface area contributed by atoms with E-state index in [1.54, 1.807) is 0 Å². The molecule has 0 aromatic heterocycles. The quantitative estimate of drug-likeness (QED) is 0.374. The number of halogens is 6. The van der Waals surface area contributed by atoms with Gasteiger partial charge in [-0.1, -0.05) is 31.5 Å². The third kappa shape index (κ3) is 4.63. The van der Waals surface area contributed by atoms with Crippen LogP contribution in [-0.2, 0) is 19.3 Å². The highest BCUT2D eigenvalue weighted by Crippen LogP contribution is 2.28. The van der Waals surface area contributed by atoms with E-state index in [-0.39, 0.29) is 35.3 Å². The van der Waals surface area contributed by atoms with Crippen LogP contribution in [0.15, 0.2) is 42.5 Å². The summed E-state index contributed by atoms with van der Waals surface area (Å²) in [6.45, 7) is 1.92. The van der Waals surface area contributed by atoms with Gasteiger partial charge in [-0.2, -0.15) is 8.78 Å². The van der Waals surface area contributed by atoms with E-state index in [1.165, 1.54) is 30.3 Å². The molecule has 0 N–H and O–H groups in total. The number of hydrogen-bond acceptors (Lipinski definition) is 0. The SMILES string of the molecule is CCCc1cc(F)c(CCc2ccc3c(F)c(C=C(F)F)c(F)cc3c2)c(F)c1. The van der Waals surface area contributed by atoms with Crippen LogP contribution in [0, 0.1) is 23.3 Å². The van der Waals surface area contributed by atoms with Crippen molar-refractivity contribution in [3.63, 3.8) is 0 Å². The Labute approximate surface area is 164 Å². The molecule has 0 aliphatic heterocycles. The predicted molar refractivity (Wildman–Crippen MR) is 102 cm³/mol. The summed E-state index contributed by atoms with van der Waals surface area (Å²) < 4.78 is 81.7. The number of aryl methyl sites for hydroxylation is 2. The van der Waals surface area contributed by atoms with E-state index in [1.807, 2.05) is 6.92 Å². The molecule has 0 atom stereocenters. The van der Waals surface area contributed by atoms with Gasteiger partial charge in [-0.15, -0.1) is 0 Å². The van der Waals surface area contributed by atoms with Crippen LogP contribution in [0.5, 0.6) is 0 Å². The highest BCUT2D eigenvalue weighted by Gasteiger charge is 2.15. The van der Waals surface area contributed by atoms with Crippen LogP contribution in [0.1, 0.15) is 35.6 Å². The van der Waals surface area contributed by atoms with Gasteiger partial charge in [0.2, 0.25) is 0 Å². The molecule has 0 amide bonds. The molecule has 3 aromatic rings. The van der Waals surface area contributed by atoms with E-state index >= 15 is 0 Å². The topological polar surface area (TPSA) is 0 Å². The van der Waals surface area contributed by atoms with Gasteiger partial charge in [-0.3, -0.25) is 0 Å². The molecule has 0 fully saturated rings. The molecule has 0 unspecified atom stereocenters. The van der Waals surface area contributed by atoms with Gasteiger partial charge in [0.15, 0.2) is 0 Å². The average Bonchev–Trinajstić information content (AvgIpc) is 2.64. The van der Waals surface area contributed by atoms with Crippen molar-refractivity contribution in [1.29, 1.82) is 0 Å². The van der Waals surface area contributed by atoms with Gasteiger partial charge >= 0.3 is 0 Å². The third-order valence-corrected chi connectivity index (χ3v) is 4.79. The zero-order chi connectivity index (χ0) is 21.1. The Morgan fingerprint density at radius 2 is 1.48 bits per heavy atom. The van der Waals surface area contributed by atoms with Gasteiger partial charge in [-0.05, 0) is 54.0 Å². The second kappa shape index (κ2) is 8.72. The molecule has 0 saturated heterocycles. The number of hydrogen-bond donors (Lipinski definition) is 0. The van der Waals surface area contributed by atoms with Crippen molar-refractivity contribution < 1.29 is 26.3 Å². The van der Waals surface area contributed by atoms with E-state index < -0.39 is 34.9 Å². The average molecular weight is 408 g/mol. The van der Waals surface area contributed by atoms with Crippen molar-refractivity contribution in [2.45, 2.75) is 32.6 Å². The van der Waals surface area contributed by atoms with Gasteiger partial charge in [0.1, 0.15) is 23.3 Å². The van der Waals surface area contributed by atoms with Gasteiger partial charge in [0.05, 0.1) is 5.56 Å². The summed E-state index contributed by atoms with van der Waals surface area (Å²) in [7, 11) is 0. The summed E-state index contributed by atoms with van der Waals surface area (Å²) in [5.41, 5.74) is 0.368. The van der Waals surface area contributed by atoms with E-state index in [0.717, 1.165) is 12.5 Å². The molecule has 0 spiro atoms. The summed E-state index contributed by atoms with van der Waals surface area (Å²) in [6.07, 6.45) is -0.369. The molecular formula is C23H18F6. The summed E-state index contributed by atoms with van der Waals surface area (Å²) in [5.74, 6) is -3.42. The lowest BCUT2D eigenvalue weighted by Gasteiger charge is -2.10. The van der Waals surface area contributed by atoms with Crippen LogP contribution in [0.3, 0.4) is 0 Å². The first-order valence-electron chi connectivity index (χ1n) is 9.20. The lowest BCUT2D eigenvalue weighted by Crippen LogP contribution is -2.01. The molecule has 0 bridgehead atoms. The fourth-order valence-electron chi connectivity index (χ4n) is 3.39. The zero-order valence-electron chi connectivity index (χ0n) is 15.6. The minimum atomic E-state index is -2.20. The molecular weight excluding hydrogens is 390 g/mol. The lowest BCUT2D eigenvalue weighted by atomic mass is 9.98. The van der Waals surface area contributed by atoms with Crippen molar-refractivity contribution in [1.82, 2.24) is 0 Å². The van der Waals surface area contributed by atoms with Crippen LogP contribution in [0.2, 0.25) is 0 Å². The molecule has 152 valence electrons. The van der Waals surface area contributed by atoms with E-state index in [2.05, 4.69) is 0 Å². The normalized spacial score (nSPS) is 11.1. The summed E-state index contributed by atoms with van der Waals surface area (Å²) in [5, 5.41) is 0.178. The molecule has 0 nitrogen and oxygen atoms in total. The van der Waals surface area contributed by atoms with Crippen molar-refractivity contribution in [2.75, 3.05) is 0 Å². The molecule has 29 heavy (non-hydrogen) atoms. The second-order valence-electron chi connectivity index (χ2n) is 6.86. The van der Waals surface area contributed by atoms with Crippen molar-refractivity contribution in [2.24, 2.45) is 0 Å². The van der Waals surface area contributed by atoms with Crippen LogP contribution >= 0.6 is 0 Å². The van der Waals surface area contributed by atoms with Crippen molar-refractivity contribution in [3.8, 4) is 0 Å². The van der Waals surface area contributed by atoms with Crippen LogP contribution in [0.4, 0.5) is 26.3 Å². The Morgan fingerprint density at radius 3 is 2.10 bits per heavy atom. The fourth-order valence-corrected chi connectivity index (χ4v) is 3.39. The van der Waals surface area contributed by atoms with E-state index in [4.69, 9.17) is 0 Å². The number of fused-ring (bicyclic) bond motifs is 1. The summed E-state index contributed by atoms with van der Waals surface area (Å²) in [6, 6.07) is 7.99. The molecule has 0 saturated carbocycles. The first kappa shape index (κ1) is 21.0. The molecule has 3 rings (SSSR count). The minimum absolute atomic E-state index is 0.0103. The number of rotatable bonds is 6.